The van der Waals surface area contributed by atoms with Gasteiger partial charge in [-0.3, -0.25) is 9.12 Å². The van der Waals surface area contributed by atoms with Gasteiger partial charge in [0.05, 0.1) is 0 Å². The van der Waals surface area contributed by atoms with Crippen molar-refractivity contribution in [2.45, 2.75) is 24.3 Å². The Morgan fingerprint density at radius 1 is 0.964 bits per heavy atom. The number of benzene rings is 2. The first-order chi connectivity index (χ1) is 11.7. The summed E-state index contributed by atoms with van der Waals surface area (Å²) in [6.45, 7) is 0. The molecule has 4 N–H and O–H groups in total. The van der Waals surface area contributed by atoms with Gasteiger partial charge in [0.2, 0.25) is 0 Å². The van der Waals surface area contributed by atoms with Crippen molar-refractivity contribution < 1.29 is 186 Å². The Morgan fingerprint density at radius 2 is 1.54 bits per heavy atom. The first kappa shape index (κ1) is 33.4. The fourth-order valence-corrected chi connectivity index (χ4v) is 4.84. The molecule has 1 atom stereocenters. The topological polar surface area (TPSA) is 124 Å². The van der Waals surface area contributed by atoms with Crippen molar-refractivity contribution in [3.05, 3.63) is 60.2 Å². The molecule has 0 fully saturated rings. The fourth-order valence-electron chi connectivity index (χ4n) is 2.46. The molecule has 0 heterocycles. The van der Waals surface area contributed by atoms with Crippen LogP contribution in [0.15, 0.2) is 54.6 Å². The molecule has 0 aliphatic heterocycles. The van der Waals surface area contributed by atoms with Crippen LogP contribution in [0.25, 0.3) is 0 Å². The van der Waals surface area contributed by atoms with E-state index in [4.69, 9.17) is 14.3 Å². The average Bonchev–Trinajstić information content (AvgIpc) is 2.50. The predicted octanol–water partition coefficient (Wildman–Crippen LogP) is -5.51. The van der Waals surface area contributed by atoms with Gasteiger partial charge >= 0.3 is 162 Å². The number of nitrogens with one attached hydrogen (secondary N) is 1. The van der Waals surface area contributed by atoms with E-state index < -0.39 is 22.7 Å². The van der Waals surface area contributed by atoms with Gasteiger partial charge in [0.25, 0.3) is 10.1 Å². The molecule has 0 bridgehead atoms. The summed E-state index contributed by atoms with van der Waals surface area (Å²) < 4.78 is 42.5. The van der Waals surface area contributed by atoms with E-state index in [1.54, 1.807) is 0 Å². The maximum absolute atomic E-state index is 11.2. The largest absolute Gasteiger partial charge is 1.00 e. The normalized spacial score (nSPS) is 12.0. The summed E-state index contributed by atoms with van der Waals surface area (Å²) >= 11 is 0. The molecule has 142 valence electrons. The Bertz CT molecular complexity index is 878. The van der Waals surface area contributed by atoms with Crippen molar-refractivity contribution in [1.29, 1.82) is 0 Å². The molecule has 0 spiro atoms. The van der Waals surface area contributed by atoms with Gasteiger partial charge in [-0.2, -0.15) is 8.42 Å². The molecule has 28 heavy (non-hydrogen) atoms. The molecule has 0 saturated heterocycles. The molecule has 1 unspecified atom stereocenters. The van der Waals surface area contributed by atoms with Gasteiger partial charge in [0.1, 0.15) is 0 Å². The van der Waals surface area contributed by atoms with Crippen molar-refractivity contribution in [2.24, 2.45) is 0 Å². The SMILES string of the molecule is O=P(O)(O)C(CCCc1cccc(Nc2ccccc2)c1)S(=O)(=O)O.[H-].[H-].[H-].[K+].[K+].[K+]. The number of rotatable bonds is 8. The van der Waals surface area contributed by atoms with Gasteiger partial charge in [-0.05, 0) is 49.1 Å². The molecule has 2 rings (SSSR count). The average molecular weight is 506 g/mol. The summed E-state index contributed by atoms with van der Waals surface area (Å²) in [7, 11) is -9.73. The van der Waals surface area contributed by atoms with E-state index in [9.17, 15) is 13.0 Å². The second-order valence-electron chi connectivity index (χ2n) is 5.64. The number of anilines is 2. The van der Waals surface area contributed by atoms with Gasteiger partial charge in [-0.1, -0.05) is 30.3 Å². The van der Waals surface area contributed by atoms with E-state index in [-0.39, 0.29) is 171 Å². The quantitative estimate of drug-likeness (QED) is 0.160. The standard InChI is InChI=1S/C16H20NO6PS.3K.3H/c18-24(19,20)16(25(21,22)23)11-5-7-13-6-4-10-15(12-13)17-14-8-2-1-3-9-14;;;;;;/h1-4,6,8-10,12,16-17H,5,7,11H2,(H2,18,19,20)(H,21,22,23);;;;;;/q;3*+1;3*-1. The molecule has 12 heteroatoms. The van der Waals surface area contributed by atoms with E-state index in [2.05, 4.69) is 5.32 Å². The third kappa shape index (κ3) is 12.4. The Morgan fingerprint density at radius 3 is 2.07 bits per heavy atom. The molecule has 0 saturated carbocycles. The second kappa shape index (κ2) is 15.9. The van der Waals surface area contributed by atoms with Crippen LogP contribution in [0.2, 0.25) is 0 Å². The minimum atomic E-state index is -4.92. The molecular formula is C16H23K3NO6PS. The third-order valence-electron chi connectivity index (χ3n) is 3.62. The summed E-state index contributed by atoms with van der Waals surface area (Å²) in [5, 5.41) is 3.23. The molecule has 7 nitrogen and oxygen atoms in total. The van der Waals surface area contributed by atoms with Crippen LogP contribution in [0, 0.1) is 0 Å². The molecule has 0 radical (unpaired) electrons. The monoisotopic (exact) mass is 505 g/mol. The van der Waals surface area contributed by atoms with Gasteiger partial charge < -0.3 is 19.4 Å². The van der Waals surface area contributed by atoms with Crippen molar-refractivity contribution in [3.63, 3.8) is 0 Å². The zero-order valence-electron chi connectivity index (χ0n) is 19.3. The van der Waals surface area contributed by atoms with Crippen molar-refractivity contribution in [1.82, 2.24) is 0 Å². The van der Waals surface area contributed by atoms with Gasteiger partial charge in [-0.15, -0.1) is 0 Å². The Balaban J connectivity index is -0.000000376. The van der Waals surface area contributed by atoms with Crippen LogP contribution >= 0.6 is 7.60 Å². The van der Waals surface area contributed by atoms with Crippen LogP contribution < -0.4 is 159 Å². The molecule has 0 amide bonds. The maximum atomic E-state index is 11.2. The molecular weight excluding hydrogens is 483 g/mol. The van der Waals surface area contributed by atoms with Crippen LogP contribution in [0.4, 0.5) is 11.4 Å². The zero-order valence-corrected chi connectivity index (χ0v) is 27.4. The van der Waals surface area contributed by atoms with Crippen LogP contribution in [0.3, 0.4) is 0 Å². The summed E-state index contributed by atoms with van der Waals surface area (Å²) in [4.78, 5) is 16.1. The molecule has 0 aromatic heterocycles. The Hall–Kier alpha value is 3.21. The second-order valence-corrected chi connectivity index (χ2v) is 9.39. The predicted molar refractivity (Wildman–Crippen MR) is 99.8 cm³/mol. The maximum Gasteiger partial charge on any atom is 1.00 e. The first-order valence-electron chi connectivity index (χ1n) is 7.59. The van der Waals surface area contributed by atoms with Crippen LogP contribution in [-0.2, 0) is 21.1 Å². The number of hydrogen-bond donors (Lipinski definition) is 4. The van der Waals surface area contributed by atoms with Gasteiger partial charge in [0, 0.05) is 11.4 Å². The Labute approximate surface area is 297 Å². The fraction of sp³-hybridized carbons (Fsp3) is 0.250. The summed E-state index contributed by atoms with van der Waals surface area (Å²) in [5.74, 6) is 0. The van der Waals surface area contributed by atoms with Crippen LogP contribution in [0.5, 0.6) is 0 Å². The molecule has 0 aliphatic rings. The number of aryl methyl sites for hydroxylation is 1. The molecule has 0 aliphatic carbocycles. The van der Waals surface area contributed by atoms with Crippen LogP contribution in [0.1, 0.15) is 22.7 Å². The summed E-state index contributed by atoms with van der Waals surface area (Å²) in [6.07, 6.45) is 0.320. The van der Waals surface area contributed by atoms with E-state index in [1.807, 2.05) is 54.6 Å². The van der Waals surface area contributed by atoms with E-state index in [1.165, 1.54) is 0 Å². The number of hydrogen-bond acceptors (Lipinski definition) is 4. The molecule has 2 aromatic carbocycles. The minimum Gasteiger partial charge on any atom is -1.00 e. The van der Waals surface area contributed by atoms with Crippen molar-refractivity contribution >= 4 is 29.1 Å². The van der Waals surface area contributed by atoms with Crippen molar-refractivity contribution in [3.8, 4) is 0 Å². The van der Waals surface area contributed by atoms with Gasteiger partial charge in [-0.25, -0.2) is 0 Å². The minimum absolute atomic E-state index is 0. The summed E-state index contributed by atoms with van der Waals surface area (Å²) in [6, 6.07) is 17.0. The van der Waals surface area contributed by atoms with E-state index in [0.717, 1.165) is 16.9 Å². The zero-order chi connectivity index (χ0) is 18.5. The van der Waals surface area contributed by atoms with E-state index >= 15 is 0 Å². The van der Waals surface area contributed by atoms with Gasteiger partial charge in [0.15, 0.2) is 4.99 Å². The smallest absolute Gasteiger partial charge is 1.00 e. The molecule has 2 aromatic rings. The first-order valence-corrected chi connectivity index (χ1v) is 10.8. The van der Waals surface area contributed by atoms with Crippen LogP contribution in [-0.4, -0.2) is 27.7 Å². The Kier molecular flexibility index (Phi) is 19.0. The van der Waals surface area contributed by atoms with Crippen molar-refractivity contribution in [2.75, 3.05) is 5.32 Å². The third-order valence-corrected chi connectivity index (χ3v) is 7.18. The summed E-state index contributed by atoms with van der Waals surface area (Å²) in [5.41, 5.74) is 2.67. The van der Waals surface area contributed by atoms with E-state index in [0.29, 0.717) is 6.42 Å². The number of para-hydroxylation sites is 1.